The summed E-state index contributed by atoms with van der Waals surface area (Å²) in [5, 5.41) is 11.2. The predicted octanol–water partition coefficient (Wildman–Crippen LogP) is 0.401. The van der Waals surface area contributed by atoms with Crippen LogP contribution in [0.1, 0.15) is 13.8 Å². The summed E-state index contributed by atoms with van der Waals surface area (Å²) in [6.07, 6.45) is 0. The van der Waals surface area contributed by atoms with Gasteiger partial charge in [-0.05, 0) is 13.8 Å². The largest absolute Gasteiger partial charge is 0.410 e. The molecule has 0 spiro atoms. The molecule has 0 bridgehead atoms. The number of thioether (sulfide) groups is 1. The summed E-state index contributed by atoms with van der Waals surface area (Å²) in [7, 11) is 0. The summed E-state index contributed by atoms with van der Waals surface area (Å²) in [6, 6.07) is 0. The predicted molar refractivity (Wildman–Crippen MR) is 41.1 cm³/mol. The minimum absolute atomic E-state index is 0.337. The van der Waals surface area contributed by atoms with Crippen molar-refractivity contribution >= 4 is 22.7 Å². The first-order valence-electron chi connectivity index (χ1n) is 2.72. The second-order valence-electron chi connectivity index (χ2n) is 1.78. The molecule has 3 N–H and O–H groups in total. The van der Waals surface area contributed by atoms with E-state index in [-0.39, 0.29) is 5.25 Å². The lowest BCUT2D eigenvalue weighted by Crippen LogP contribution is -2.23. The average Bonchev–Trinajstić information content (AvgIpc) is 1.87. The minimum Gasteiger partial charge on any atom is -0.410 e. The first-order chi connectivity index (χ1) is 4.57. The van der Waals surface area contributed by atoms with Gasteiger partial charge in [-0.1, -0.05) is 16.9 Å². The molecule has 1 amide bonds. The zero-order valence-corrected chi connectivity index (χ0v) is 6.68. The fraction of sp³-hybridized carbons (Fsp3) is 0.600. The van der Waals surface area contributed by atoms with Gasteiger partial charge in [0.25, 0.3) is 0 Å². The molecule has 0 heterocycles. The third-order valence-corrected chi connectivity index (χ3v) is 1.90. The van der Waals surface area contributed by atoms with Gasteiger partial charge in [-0.3, -0.25) is 4.79 Å². The van der Waals surface area contributed by atoms with Crippen molar-refractivity contribution in [3.63, 3.8) is 0 Å². The van der Waals surface area contributed by atoms with E-state index in [1.807, 2.05) is 0 Å². The van der Waals surface area contributed by atoms with E-state index in [0.29, 0.717) is 5.04 Å². The number of oxime groups is 1. The Bertz CT molecular complexity index is 158. The van der Waals surface area contributed by atoms with E-state index in [0.717, 1.165) is 11.8 Å². The van der Waals surface area contributed by atoms with Gasteiger partial charge in [-0.25, -0.2) is 0 Å². The number of nitrogens with zero attached hydrogens (tertiary/aromatic N) is 1. The van der Waals surface area contributed by atoms with Crippen LogP contribution in [0.5, 0.6) is 0 Å². The van der Waals surface area contributed by atoms with Crippen LogP contribution in [-0.2, 0) is 4.79 Å². The number of primary amides is 1. The standard InChI is InChI=1S/C5H10N2O2S/c1-3(5(6)8)10-4(2)7-9/h3,9H,1-2H3,(H2,6,8)/b7-4-. The maximum atomic E-state index is 10.4. The molecule has 1 atom stereocenters. The van der Waals surface area contributed by atoms with E-state index in [2.05, 4.69) is 5.16 Å². The Kier molecular flexibility index (Phi) is 3.87. The van der Waals surface area contributed by atoms with Crippen molar-refractivity contribution in [1.29, 1.82) is 0 Å². The highest BCUT2D eigenvalue weighted by atomic mass is 32.2. The Balaban J connectivity index is 3.80. The number of hydrogen-bond donors (Lipinski definition) is 2. The van der Waals surface area contributed by atoms with E-state index in [1.54, 1.807) is 13.8 Å². The lowest BCUT2D eigenvalue weighted by molar-refractivity contribution is -0.117. The summed E-state index contributed by atoms with van der Waals surface area (Å²) in [5.41, 5.74) is 4.94. The van der Waals surface area contributed by atoms with Gasteiger partial charge in [0.1, 0.15) is 5.04 Å². The molecule has 0 aliphatic heterocycles. The summed E-state index contributed by atoms with van der Waals surface area (Å²) in [6.45, 7) is 3.26. The lowest BCUT2D eigenvalue weighted by Gasteiger charge is -2.03. The zero-order valence-electron chi connectivity index (χ0n) is 5.87. The fourth-order valence-corrected chi connectivity index (χ4v) is 1.01. The second kappa shape index (κ2) is 4.16. The van der Waals surface area contributed by atoms with Gasteiger partial charge in [0, 0.05) is 0 Å². The summed E-state index contributed by atoms with van der Waals surface area (Å²) < 4.78 is 0. The van der Waals surface area contributed by atoms with Crippen LogP contribution < -0.4 is 5.73 Å². The van der Waals surface area contributed by atoms with Crippen LogP contribution in [0.15, 0.2) is 5.16 Å². The van der Waals surface area contributed by atoms with Crippen molar-refractivity contribution in [1.82, 2.24) is 0 Å². The van der Waals surface area contributed by atoms with Crippen LogP contribution in [0.4, 0.5) is 0 Å². The zero-order chi connectivity index (χ0) is 8.15. The Morgan fingerprint density at radius 2 is 2.30 bits per heavy atom. The minimum atomic E-state index is -0.409. The first-order valence-corrected chi connectivity index (χ1v) is 3.60. The highest BCUT2D eigenvalue weighted by Crippen LogP contribution is 2.10. The van der Waals surface area contributed by atoms with Crippen molar-refractivity contribution in [2.75, 3.05) is 0 Å². The molecule has 1 unspecified atom stereocenters. The number of amides is 1. The highest BCUT2D eigenvalue weighted by Gasteiger charge is 2.10. The SMILES string of the molecule is C/C(=N/O)SC(C)C(N)=O. The van der Waals surface area contributed by atoms with E-state index < -0.39 is 5.91 Å². The molecule has 0 saturated carbocycles. The molecule has 0 aliphatic rings. The summed E-state index contributed by atoms with van der Waals surface area (Å²) >= 11 is 1.13. The number of rotatable bonds is 2. The highest BCUT2D eigenvalue weighted by molar-refractivity contribution is 8.14. The Hall–Kier alpha value is -0.710. The van der Waals surface area contributed by atoms with Crippen LogP contribution in [0.3, 0.4) is 0 Å². The van der Waals surface area contributed by atoms with Crippen molar-refractivity contribution in [3.8, 4) is 0 Å². The molecule has 4 nitrogen and oxygen atoms in total. The van der Waals surface area contributed by atoms with Crippen LogP contribution in [0, 0.1) is 0 Å². The molecule has 0 aromatic heterocycles. The molecule has 5 heteroatoms. The van der Waals surface area contributed by atoms with Gasteiger partial charge in [-0.2, -0.15) is 0 Å². The number of hydrogen-bond acceptors (Lipinski definition) is 4. The molecule has 58 valence electrons. The quantitative estimate of drug-likeness (QED) is 0.267. The van der Waals surface area contributed by atoms with E-state index >= 15 is 0 Å². The van der Waals surface area contributed by atoms with E-state index in [4.69, 9.17) is 10.9 Å². The smallest absolute Gasteiger partial charge is 0.230 e. The summed E-state index contributed by atoms with van der Waals surface area (Å²) in [4.78, 5) is 10.4. The average molecular weight is 162 g/mol. The maximum Gasteiger partial charge on any atom is 0.230 e. The van der Waals surface area contributed by atoms with Gasteiger partial charge < -0.3 is 10.9 Å². The van der Waals surface area contributed by atoms with Crippen molar-refractivity contribution in [2.45, 2.75) is 19.1 Å². The molecule has 0 aromatic carbocycles. The topological polar surface area (TPSA) is 75.7 Å². The van der Waals surface area contributed by atoms with Crippen molar-refractivity contribution in [2.24, 2.45) is 10.9 Å². The molecule has 0 aliphatic carbocycles. The maximum absolute atomic E-state index is 10.4. The Labute approximate surface area is 63.5 Å². The van der Waals surface area contributed by atoms with E-state index in [9.17, 15) is 4.79 Å². The molecular weight excluding hydrogens is 152 g/mol. The Morgan fingerprint density at radius 3 is 2.60 bits per heavy atom. The van der Waals surface area contributed by atoms with Crippen molar-refractivity contribution < 1.29 is 10.0 Å². The third kappa shape index (κ3) is 3.34. The van der Waals surface area contributed by atoms with Gasteiger partial charge in [0.15, 0.2) is 0 Å². The second-order valence-corrected chi connectivity index (χ2v) is 3.32. The number of carbonyl (C=O) groups is 1. The summed E-state index contributed by atoms with van der Waals surface area (Å²) in [5.74, 6) is -0.409. The van der Waals surface area contributed by atoms with Crippen LogP contribution in [-0.4, -0.2) is 21.4 Å². The monoisotopic (exact) mass is 162 g/mol. The molecule has 0 saturated heterocycles. The van der Waals surface area contributed by atoms with Crippen LogP contribution >= 0.6 is 11.8 Å². The van der Waals surface area contributed by atoms with E-state index in [1.165, 1.54) is 0 Å². The molecule has 0 aromatic rings. The molecule has 0 radical (unpaired) electrons. The van der Waals surface area contributed by atoms with Crippen LogP contribution in [0.2, 0.25) is 0 Å². The fourth-order valence-electron chi connectivity index (χ4n) is 0.337. The van der Waals surface area contributed by atoms with Crippen LogP contribution in [0.25, 0.3) is 0 Å². The lowest BCUT2D eigenvalue weighted by atomic mass is 10.5. The third-order valence-electron chi connectivity index (χ3n) is 0.889. The molecule has 0 rings (SSSR count). The first kappa shape index (κ1) is 9.29. The van der Waals surface area contributed by atoms with Crippen molar-refractivity contribution in [3.05, 3.63) is 0 Å². The number of nitrogens with two attached hydrogens (primary N) is 1. The van der Waals surface area contributed by atoms with Gasteiger partial charge in [0.05, 0.1) is 5.25 Å². The number of carbonyl (C=O) groups excluding carboxylic acids is 1. The molecule has 10 heavy (non-hydrogen) atoms. The van der Waals surface area contributed by atoms with Gasteiger partial charge in [0.2, 0.25) is 5.91 Å². The van der Waals surface area contributed by atoms with Gasteiger partial charge >= 0.3 is 0 Å². The molecule has 0 fully saturated rings. The van der Waals surface area contributed by atoms with Gasteiger partial charge in [-0.15, -0.1) is 0 Å². The molecular formula is C5H10N2O2S. The normalized spacial score (nSPS) is 14.8. The Morgan fingerprint density at radius 1 is 1.80 bits per heavy atom.